The molecule has 1 saturated carbocycles. The van der Waals surface area contributed by atoms with Gasteiger partial charge in [-0.05, 0) is 81.6 Å². The summed E-state index contributed by atoms with van der Waals surface area (Å²) < 4.78 is 38.8. The summed E-state index contributed by atoms with van der Waals surface area (Å²) in [5.74, 6) is 0.00952. The van der Waals surface area contributed by atoms with Crippen LogP contribution < -0.4 is 10.7 Å². The van der Waals surface area contributed by atoms with Crippen LogP contribution in [0.2, 0.25) is 5.02 Å². The maximum absolute atomic E-state index is 12.9. The van der Waals surface area contributed by atoms with Gasteiger partial charge < -0.3 is 10.7 Å². The number of benzene rings is 1. The lowest BCUT2D eigenvalue weighted by molar-refractivity contribution is -0.137. The van der Waals surface area contributed by atoms with Crippen LogP contribution in [0.4, 0.5) is 13.2 Å². The number of carbonyl (C=O) groups excluding carboxylic acids is 1. The van der Waals surface area contributed by atoms with Crippen LogP contribution in [0.15, 0.2) is 29.5 Å². The third-order valence-electron chi connectivity index (χ3n) is 6.69. The molecule has 1 aromatic carbocycles. The molecule has 1 heterocycles. The van der Waals surface area contributed by atoms with Gasteiger partial charge in [0.2, 0.25) is 0 Å². The van der Waals surface area contributed by atoms with E-state index in [2.05, 4.69) is 22.7 Å². The minimum Gasteiger partial charge on any atom is -0.349 e. The van der Waals surface area contributed by atoms with Crippen LogP contribution in [0.25, 0.3) is 0 Å². The Bertz CT molecular complexity index is 847. The van der Waals surface area contributed by atoms with E-state index in [9.17, 15) is 18.0 Å². The smallest absolute Gasteiger partial charge is 0.349 e. The quantitative estimate of drug-likeness (QED) is 0.667. The average molecular weight is 442 g/mol. The molecule has 0 spiro atoms. The first-order valence-electron chi connectivity index (χ1n) is 10.6. The number of nitrogens with one attached hydrogen (secondary N) is 2. The highest BCUT2D eigenvalue weighted by molar-refractivity contribution is 6.33. The Morgan fingerprint density at radius 2 is 1.97 bits per heavy atom. The van der Waals surface area contributed by atoms with Crippen molar-refractivity contribution in [1.82, 2.24) is 15.8 Å². The molecule has 4 rings (SSSR count). The van der Waals surface area contributed by atoms with Crippen molar-refractivity contribution in [1.29, 1.82) is 0 Å². The third-order valence-corrected chi connectivity index (χ3v) is 7.02. The Hall–Kier alpha value is -1.73. The lowest BCUT2D eigenvalue weighted by atomic mass is 9.85. The molecule has 1 amide bonds. The van der Waals surface area contributed by atoms with E-state index in [1.165, 1.54) is 18.5 Å². The van der Waals surface area contributed by atoms with Crippen LogP contribution in [-0.2, 0) is 6.18 Å². The van der Waals surface area contributed by atoms with Gasteiger partial charge in [0.25, 0.3) is 5.91 Å². The molecule has 0 saturated heterocycles. The summed E-state index contributed by atoms with van der Waals surface area (Å²) in [7, 11) is 0. The number of hydrogen-bond acceptors (Lipinski definition) is 3. The van der Waals surface area contributed by atoms with Gasteiger partial charge in [0.15, 0.2) is 0 Å². The summed E-state index contributed by atoms with van der Waals surface area (Å²) in [6.45, 7) is 3.24. The molecule has 0 bridgehead atoms. The molecule has 1 unspecified atom stereocenters. The number of hydrogen-bond donors (Lipinski definition) is 2. The van der Waals surface area contributed by atoms with Gasteiger partial charge in [-0.1, -0.05) is 11.6 Å². The minimum absolute atomic E-state index is 0.0313. The zero-order chi connectivity index (χ0) is 21.5. The van der Waals surface area contributed by atoms with Crippen LogP contribution in [0, 0.1) is 5.92 Å². The van der Waals surface area contributed by atoms with Gasteiger partial charge >= 0.3 is 6.18 Å². The van der Waals surface area contributed by atoms with E-state index in [-0.39, 0.29) is 16.6 Å². The fourth-order valence-electron chi connectivity index (χ4n) is 4.92. The van der Waals surface area contributed by atoms with Gasteiger partial charge in [-0.25, -0.2) is 5.01 Å². The number of rotatable bonds is 4. The second-order valence-corrected chi connectivity index (χ2v) is 9.09. The van der Waals surface area contributed by atoms with Gasteiger partial charge in [0.05, 0.1) is 16.1 Å². The second kappa shape index (κ2) is 8.42. The fraction of sp³-hybridized carbons (Fsp3) is 0.591. The lowest BCUT2D eigenvalue weighted by Gasteiger charge is -2.34. The van der Waals surface area contributed by atoms with Crippen molar-refractivity contribution in [3.63, 3.8) is 0 Å². The van der Waals surface area contributed by atoms with E-state index < -0.39 is 17.6 Å². The molecule has 1 aliphatic heterocycles. The molecule has 1 aromatic rings. The number of hydrazine groups is 1. The van der Waals surface area contributed by atoms with Gasteiger partial charge in [0.1, 0.15) is 0 Å². The van der Waals surface area contributed by atoms with Crippen LogP contribution in [-0.4, -0.2) is 29.5 Å². The molecule has 2 aliphatic carbocycles. The summed E-state index contributed by atoms with van der Waals surface area (Å²) in [4.78, 5) is 12.5. The zero-order valence-electron chi connectivity index (χ0n) is 17.0. The Labute approximate surface area is 179 Å². The lowest BCUT2D eigenvalue weighted by Crippen LogP contribution is -2.44. The maximum atomic E-state index is 12.9. The normalized spacial score (nSPS) is 27.2. The highest BCUT2D eigenvalue weighted by atomic mass is 35.5. The molecule has 1 atom stereocenters. The predicted molar refractivity (Wildman–Crippen MR) is 110 cm³/mol. The molecule has 8 heteroatoms. The number of amides is 1. The van der Waals surface area contributed by atoms with E-state index >= 15 is 0 Å². The van der Waals surface area contributed by atoms with Gasteiger partial charge in [-0.3, -0.25) is 4.79 Å². The number of allylic oxidation sites excluding steroid dienone is 1. The van der Waals surface area contributed by atoms with Crippen molar-refractivity contribution in [3.05, 3.63) is 45.6 Å². The second-order valence-electron chi connectivity index (χ2n) is 8.68. The molecule has 3 aliphatic rings. The van der Waals surface area contributed by atoms with E-state index in [0.29, 0.717) is 12.0 Å². The van der Waals surface area contributed by atoms with Crippen LogP contribution in [0.5, 0.6) is 0 Å². The van der Waals surface area contributed by atoms with Crippen molar-refractivity contribution < 1.29 is 18.0 Å². The van der Waals surface area contributed by atoms with Crippen molar-refractivity contribution in [2.24, 2.45) is 5.92 Å². The summed E-state index contributed by atoms with van der Waals surface area (Å²) >= 11 is 5.99. The Morgan fingerprint density at radius 1 is 1.23 bits per heavy atom. The number of nitrogens with zero attached hydrogens (tertiary/aromatic N) is 1. The van der Waals surface area contributed by atoms with E-state index in [1.807, 2.05) is 0 Å². The Morgan fingerprint density at radius 3 is 2.63 bits per heavy atom. The monoisotopic (exact) mass is 441 g/mol. The molecule has 30 heavy (non-hydrogen) atoms. The first kappa shape index (κ1) is 21.5. The molecular formula is C22H27ClF3N3O. The van der Waals surface area contributed by atoms with Crippen molar-refractivity contribution >= 4 is 17.5 Å². The molecule has 2 N–H and O–H groups in total. The molecular weight excluding hydrogens is 415 g/mol. The highest BCUT2D eigenvalue weighted by Gasteiger charge is 2.35. The van der Waals surface area contributed by atoms with E-state index in [0.717, 1.165) is 56.8 Å². The zero-order valence-corrected chi connectivity index (χ0v) is 17.7. The number of halogens is 4. The van der Waals surface area contributed by atoms with Crippen molar-refractivity contribution in [2.75, 3.05) is 6.54 Å². The van der Waals surface area contributed by atoms with Gasteiger partial charge in [-0.15, -0.1) is 0 Å². The number of carbonyl (C=O) groups is 1. The van der Waals surface area contributed by atoms with Crippen LogP contribution >= 0.6 is 11.6 Å². The first-order chi connectivity index (χ1) is 14.2. The molecule has 1 fully saturated rings. The third kappa shape index (κ3) is 4.47. The fourth-order valence-corrected chi connectivity index (χ4v) is 5.13. The maximum Gasteiger partial charge on any atom is 0.416 e. The van der Waals surface area contributed by atoms with Crippen molar-refractivity contribution in [3.8, 4) is 0 Å². The summed E-state index contributed by atoms with van der Waals surface area (Å²) in [5, 5.41) is 5.26. The largest absolute Gasteiger partial charge is 0.416 e. The Balaban J connectivity index is 1.29. The minimum atomic E-state index is -4.51. The van der Waals surface area contributed by atoms with Crippen molar-refractivity contribution in [2.45, 2.75) is 70.1 Å². The SMILES string of the molecule is CC1C2=C(CCC2)NN1CC1CCC(NC(=O)c2cc(C(F)(F)F)ccc2Cl)CC1. The molecule has 4 nitrogen and oxygen atoms in total. The highest BCUT2D eigenvalue weighted by Crippen LogP contribution is 2.36. The Kier molecular flexibility index (Phi) is 6.04. The topological polar surface area (TPSA) is 44.4 Å². The standard InChI is InChI=1S/C22H27ClF3N3O/c1-13-17-3-2-4-20(17)28-29(13)12-14-5-8-16(9-6-14)27-21(30)18-11-15(22(24,25)26)7-10-19(18)23/h7,10-11,13-14,16,28H,2-6,8-9,12H2,1H3,(H,27,30). The van der Waals surface area contributed by atoms with Crippen LogP contribution in [0.1, 0.15) is 67.8 Å². The molecule has 0 aromatic heterocycles. The molecule has 0 radical (unpaired) electrons. The average Bonchev–Trinajstić information content (AvgIpc) is 3.26. The molecule has 164 valence electrons. The van der Waals surface area contributed by atoms with Crippen LogP contribution in [0.3, 0.4) is 0 Å². The summed E-state index contributed by atoms with van der Waals surface area (Å²) in [5.41, 5.74) is 5.54. The van der Waals surface area contributed by atoms with Gasteiger partial charge in [0, 0.05) is 24.3 Å². The summed E-state index contributed by atoms with van der Waals surface area (Å²) in [6, 6.07) is 3.26. The van der Waals surface area contributed by atoms with E-state index in [4.69, 9.17) is 11.6 Å². The van der Waals surface area contributed by atoms with E-state index in [1.54, 1.807) is 5.57 Å². The first-order valence-corrected chi connectivity index (χ1v) is 11.0. The predicted octanol–water partition coefficient (Wildman–Crippen LogP) is 5.29. The number of alkyl halides is 3. The summed E-state index contributed by atoms with van der Waals surface area (Å²) in [6.07, 6.45) is 2.69. The van der Waals surface area contributed by atoms with Gasteiger partial charge in [-0.2, -0.15) is 13.2 Å².